The molecule has 2 heteroatoms. The van der Waals surface area contributed by atoms with Crippen LogP contribution in [0.1, 0.15) is 56.1 Å². The third-order valence-corrected chi connectivity index (χ3v) is 3.60. The molecule has 86 valence electrons. The number of rotatable bonds is 2. The van der Waals surface area contributed by atoms with Crippen molar-refractivity contribution in [1.29, 1.82) is 0 Å². The number of hydrogen-bond acceptors (Lipinski definition) is 2. The first-order chi connectivity index (χ1) is 7.81. The van der Waals surface area contributed by atoms with Crippen LogP contribution < -0.4 is 5.84 Å². The summed E-state index contributed by atoms with van der Waals surface area (Å²) in [5.41, 5.74) is 3.51. The Morgan fingerprint density at radius 2 is 1.75 bits per heavy atom. The number of hydrogen-bond donors (Lipinski definition) is 1. The molecule has 0 spiro atoms. The highest BCUT2D eigenvalue weighted by Gasteiger charge is 2.15. The molecular weight excluding hydrogens is 196 g/mol. The Morgan fingerprint density at radius 1 is 1.12 bits per heavy atom. The van der Waals surface area contributed by atoms with Crippen LogP contribution >= 0.6 is 0 Å². The highest BCUT2D eigenvalue weighted by molar-refractivity contribution is 5.98. The molecule has 1 aromatic carbocycles. The number of benzene rings is 1. The molecular formula is C14H20N2. The number of nitrogens with two attached hydrogens (primary N) is 1. The smallest absolute Gasteiger partial charge is 0.0641 e. The molecule has 0 aliphatic heterocycles. The van der Waals surface area contributed by atoms with Gasteiger partial charge < -0.3 is 5.84 Å². The van der Waals surface area contributed by atoms with Crippen LogP contribution in [0.5, 0.6) is 0 Å². The summed E-state index contributed by atoms with van der Waals surface area (Å²) in [6.07, 6.45) is 6.88. The number of hydrazone groups is 1. The molecule has 1 fully saturated rings. The molecule has 16 heavy (non-hydrogen) atoms. The van der Waals surface area contributed by atoms with E-state index in [2.05, 4.69) is 29.4 Å². The van der Waals surface area contributed by atoms with Gasteiger partial charge in [0.15, 0.2) is 0 Å². The largest absolute Gasteiger partial charge is 0.323 e. The Hall–Kier alpha value is -1.31. The van der Waals surface area contributed by atoms with Crippen molar-refractivity contribution in [3.63, 3.8) is 0 Å². The summed E-state index contributed by atoms with van der Waals surface area (Å²) < 4.78 is 0. The fraction of sp³-hybridized carbons (Fsp3) is 0.500. The Bertz CT molecular complexity index is 359. The van der Waals surface area contributed by atoms with Gasteiger partial charge >= 0.3 is 0 Å². The van der Waals surface area contributed by atoms with Crippen LogP contribution in [0.25, 0.3) is 0 Å². The van der Waals surface area contributed by atoms with E-state index in [-0.39, 0.29) is 0 Å². The molecule has 2 N–H and O–H groups in total. The molecule has 0 heterocycles. The normalized spacial score (nSPS) is 18.7. The second-order valence-electron chi connectivity index (χ2n) is 4.67. The van der Waals surface area contributed by atoms with Gasteiger partial charge in [-0.15, -0.1) is 0 Å². The first-order valence-electron chi connectivity index (χ1n) is 6.16. The second kappa shape index (κ2) is 5.15. The number of nitrogens with zero attached hydrogens (tertiary/aromatic N) is 1. The third kappa shape index (κ3) is 2.43. The van der Waals surface area contributed by atoms with Crippen LogP contribution in [0.4, 0.5) is 0 Å². The van der Waals surface area contributed by atoms with Crippen molar-refractivity contribution in [2.75, 3.05) is 0 Å². The minimum absolute atomic E-state index is 0.776. The van der Waals surface area contributed by atoms with Crippen molar-refractivity contribution in [2.24, 2.45) is 10.9 Å². The predicted octanol–water partition coefficient (Wildman–Crippen LogP) is 3.42. The molecule has 2 nitrogen and oxygen atoms in total. The lowest BCUT2D eigenvalue weighted by Gasteiger charge is -2.22. The average molecular weight is 216 g/mol. The van der Waals surface area contributed by atoms with Crippen molar-refractivity contribution in [3.05, 3.63) is 35.4 Å². The summed E-state index contributed by atoms with van der Waals surface area (Å²) in [6, 6.07) is 8.74. The van der Waals surface area contributed by atoms with Crippen LogP contribution in [0.2, 0.25) is 0 Å². The van der Waals surface area contributed by atoms with E-state index in [1.165, 1.54) is 37.7 Å². The van der Waals surface area contributed by atoms with Crippen molar-refractivity contribution in [2.45, 2.75) is 44.9 Å². The lowest BCUT2D eigenvalue weighted by Crippen LogP contribution is -2.05. The Kier molecular flexibility index (Phi) is 3.60. The molecule has 0 bridgehead atoms. The molecule has 0 unspecified atom stereocenters. The minimum Gasteiger partial charge on any atom is -0.323 e. The van der Waals surface area contributed by atoms with E-state index < -0.39 is 0 Å². The maximum Gasteiger partial charge on any atom is 0.0641 e. The minimum atomic E-state index is 0.776. The van der Waals surface area contributed by atoms with Gasteiger partial charge in [0.25, 0.3) is 0 Å². The quantitative estimate of drug-likeness (QED) is 0.459. The van der Waals surface area contributed by atoms with Gasteiger partial charge in [0.1, 0.15) is 0 Å². The third-order valence-electron chi connectivity index (χ3n) is 3.60. The average Bonchev–Trinajstić information content (AvgIpc) is 2.39. The summed E-state index contributed by atoms with van der Waals surface area (Å²) in [4.78, 5) is 0. The highest BCUT2D eigenvalue weighted by atomic mass is 15.1. The summed E-state index contributed by atoms with van der Waals surface area (Å²) in [5.74, 6) is 6.05. The van der Waals surface area contributed by atoms with Gasteiger partial charge in [-0.1, -0.05) is 43.5 Å². The maximum absolute atomic E-state index is 5.27. The van der Waals surface area contributed by atoms with Gasteiger partial charge in [-0.05, 0) is 36.8 Å². The van der Waals surface area contributed by atoms with E-state index in [4.69, 9.17) is 5.84 Å². The van der Waals surface area contributed by atoms with E-state index in [0.29, 0.717) is 0 Å². The Morgan fingerprint density at radius 3 is 2.31 bits per heavy atom. The van der Waals surface area contributed by atoms with Gasteiger partial charge in [0.05, 0.1) is 5.71 Å². The summed E-state index contributed by atoms with van der Waals surface area (Å²) in [7, 11) is 0. The molecule has 0 saturated heterocycles. The zero-order valence-corrected chi connectivity index (χ0v) is 9.95. The monoisotopic (exact) mass is 216 g/mol. The standard InChI is InChI=1S/C14H20N2/c1-11(16-15)12-7-9-14(10-8-12)13-5-3-2-4-6-13/h7-10,13H,2-6,15H2,1H3/b16-11+. The molecule has 1 aliphatic rings. The summed E-state index contributed by atoms with van der Waals surface area (Å²) >= 11 is 0. The molecule has 0 atom stereocenters. The van der Waals surface area contributed by atoms with E-state index in [1.54, 1.807) is 0 Å². The van der Waals surface area contributed by atoms with Crippen LogP contribution in [-0.4, -0.2) is 5.71 Å². The first kappa shape index (κ1) is 11.2. The van der Waals surface area contributed by atoms with E-state index in [9.17, 15) is 0 Å². The lowest BCUT2D eigenvalue weighted by molar-refractivity contribution is 0.443. The van der Waals surface area contributed by atoms with Gasteiger partial charge in [-0.2, -0.15) is 5.10 Å². The fourth-order valence-corrected chi connectivity index (χ4v) is 2.51. The summed E-state index contributed by atoms with van der Waals surface area (Å²) in [6.45, 7) is 1.94. The van der Waals surface area contributed by atoms with Gasteiger partial charge in [-0.25, -0.2) is 0 Å². The van der Waals surface area contributed by atoms with Crippen molar-refractivity contribution < 1.29 is 0 Å². The van der Waals surface area contributed by atoms with Crippen LogP contribution in [-0.2, 0) is 0 Å². The predicted molar refractivity (Wildman–Crippen MR) is 68.7 cm³/mol. The van der Waals surface area contributed by atoms with Gasteiger partial charge in [-0.3, -0.25) is 0 Å². The molecule has 0 radical (unpaired) electrons. The SMILES string of the molecule is C/C(=N\N)c1ccc(C2CCCCC2)cc1. The fourth-order valence-electron chi connectivity index (χ4n) is 2.51. The molecule has 2 rings (SSSR count). The molecule has 1 aliphatic carbocycles. The zero-order valence-electron chi connectivity index (χ0n) is 9.95. The molecule has 0 amide bonds. The lowest BCUT2D eigenvalue weighted by atomic mass is 9.84. The maximum atomic E-state index is 5.27. The van der Waals surface area contributed by atoms with Crippen LogP contribution in [0.3, 0.4) is 0 Å². The van der Waals surface area contributed by atoms with E-state index in [0.717, 1.165) is 17.2 Å². The summed E-state index contributed by atoms with van der Waals surface area (Å²) in [5, 5.41) is 3.72. The van der Waals surface area contributed by atoms with E-state index >= 15 is 0 Å². The van der Waals surface area contributed by atoms with Crippen molar-refractivity contribution in [1.82, 2.24) is 0 Å². The van der Waals surface area contributed by atoms with Gasteiger partial charge in [0, 0.05) is 0 Å². The molecule has 1 saturated carbocycles. The second-order valence-corrected chi connectivity index (χ2v) is 4.67. The zero-order chi connectivity index (χ0) is 11.4. The van der Waals surface area contributed by atoms with Crippen LogP contribution in [0.15, 0.2) is 29.4 Å². The van der Waals surface area contributed by atoms with Crippen molar-refractivity contribution >= 4 is 5.71 Å². The topological polar surface area (TPSA) is 38.4 Å². The molecule has 1 aromatic rings. The van der Waals surface area contributed by atoms with E-state index in [1.807, 2.05) is 6.92 Å². The Labute approximate surface area is 97.6 Å². The van der Waals surface area contributed by atoms with Crippen LogP contribution in [0, 0.1) is 0 Å². The first-order valence-corrected chi connectivity index (χ1v) is 6.16. The molecule has 0 aromatic heterocycles. The van der Waals surface area contributed by atoms with Gasteiger partial charge in [0.2, 0.25) is 0 Å². The van der Waals surface area contributed by atoms with Crippen molar-refractivity contribution in [3.8, 4) is 0 Å². The Balaban J connectivity index is 2.12. The highest BCUT2D eigenvalue weighted by Crippen LogP contribution is 2.32.